The molecule has 0 aromatic carbocycles. The van der Waals surface area contributed by atoms with Crippen molar-refractivity contribution in [3.63, 3.8) is 0 Å². The molecule has 6 heteroatoms. The first-order chi connectivity index (χ1) is 8.95. The summed E-state index contributed by atoms with van der Waals surface area (Å²) in [6.07, 6.45) is 1.46. The molecular formula is C13H22N4O2. The van der Waals surface area contributed by atoms with Crippen molar-refractivity contribution in [3.05, 3.63) is 17.8 Å². The highest BCUT2D eigenvalue weighted by Crippen LogP contribution is 2.15. The van der Waals surface area contributed by atoms with E-state index in [9.17, 15) is 4.79 Å². The summed E-state index contributed by atoms with van der Waals surface area (Å²) in [4.78, 5) is 17.8. The highest BCUT2D eigenvalue weighted by atomic mass is 16.5. The lowest BCUT2D eigenvalue weighted by Crippen LogP contribution is -2.31. The minimum absolute atomic E-state index is 0.316. The average molecular weight is 266 g/mol. The van der Waals surface area contributed by atoms with E-state index in [4.69, 9.17) is 5.73 Å². The first-order valence-electron chi connectivity index (χ1n) is 6.23. The van der Waals surface area contributed by atoms with Gasteiger partial charge in [-0.15, -0.1) is 0 Å². The Morgan fingerprint density at radius 3 is 2.84 bits per heavy atom. The molecule has 0 saturated heterocycles. The molecule has 0 unspecified atom stereocenters. The fraction of sp³-hybridized carbons (Fsp3) is 0.538. The molecule has 0 aliphatic rings. The second kappa shape index (κ2) is 6.94. The van der Waals surface area contributed by atoms with Crippen molar-refractivity contribution in [2.45, 2.75) is 19.9 Å². The third kappa shape index (κ3) is 4.40. The Balaban J connectivity index is 2.62. The average Bonchev–Trinajstić information content (AvgIpc) is 2.39. The number of esters is 1. The van der Waals surface area contributed by atoms with Gasteiger partial charge in [-0.2, -0.15) is 0 Å². The summed E-state index contributed by atoms with van der Waals surface area (Å²) >= 11 is 0. The number of pyridine rings is 1. The van der Waals surface area contributed by atoms with E-state index in [1.807, 2.05) is 0 Å². The molecule has 0 saturated carbocycles. The summed E-state index contributed by atoms with van der Waals surface area (Å²) in [7, 11) is 3.38. The van der Waals surface area contributed by atoms with Crippen molar-refractivity contribution in [1.82, 2.24) is 9.88 Å². The number of nitrogens with two attached hydrogens (primary N) is 1. The number of methoxy groups -OCH3 is 1. The molecule has 0 amide bonds. The van der Waals surface area contributed by atoms with Crippen LogP contribution in [0.5, 0.6) is 0 Å². The van der Waals surface area contributed by atoms with Gasteiger partial charge in [-0.1, -0.05) is 0 Å². The van der Waals surface area contributed by atoms with Crippen LogP contribution in [0.2, 0.25) is 0 Å². The molecule has 106 valence electrons. The zero-order valence-electron chi connectivity index (χ0n) is 11.9. The van der Waals surface area contributed by atoms with Gasteiger partial charge in [0.15, 0.2) is 0 Å². The van der Waals surface area contributed by atoms with Gasteiger partial charge >= 0.3 is 5.97 Å². The van der Waals surface area contributed by atoms with Gasteiger partial charge in [0.25, 0.3) is 0 Å². The number of ether oxygens (including phenoxy) is 1. The molecule has 0 spiro atoms. The van der Waals surface area contributed by atoms with Gasteiger partial charge in [0.05, 0.1) is 24.6 Å². The zero-order chi connectivity index (χ0) is 14.4. The third-order valence-corrected chi connectivity index (χ3v) is 2.99. The van der Waals surface area contributed by atoms with Gasteiger partial charge in [-0.05, 0) is 27.0 Å². The van der Waals surface area contributed by atoms with E-state index in [1.54, 1.807) is 6.07 Å². The van der Waals surface area contributed by atoms with Gasteiger partial charge in [0.2, 0.25) is 0 Å². The Morgan fingerprint density at radius 2 is 2.26 bits per heavy atom. The summed E-state index contributed by atoms with van der Waals surface area (Å²) in [5, 5.41) is 3.16. The molecule has 0 aliphatic heterocycles. The van der Waals surface area contributed by atoms with E-state index in [1.165, 1.54) is 13.3 Å². The molecule has 19 heavy (non-hydrogen) atoms. The molecule has 6 nitrogen and oxygen atoms in total. The van der Waals surface area contributed by atoms with Crippen LogP contribution in [0.3, 0.4) is 0 Å². The number of carbonyl (C=O) groups excluding carboxylic acids is 1. The van der Waals surface area contributed by atoms with Crippen LogP contribution in [0.25, 0.3) is 0 Å². The molecule has 0 radical (unpaired) electrons. The third-order valence-electron chi connectivity index (χ3n) is 2.99. The lowest BCUT2D eigenvalue weighted by Gasteiger charge is -2.21. The molecule has 1 aromatic rings. The van der Waals surface area contributed by atoms with Crippen molar-refractivity contribution in [2.75, 3.05) is 38.3 Å². The van der Waals surface area contributed by atoms with Crippen molar-refractivity contribution in [1.29, 1.82) is 0 Å². The van der Waals surface area contributed by atoms with Crippen LogP contribution in [0, 0.1) is 0 Å². The SMILES string of the molecule is COC(=O)c1cc(NCCN(C)C(C)C)ncc1N. The quantitative estimate of drug-likeness (QED) is 0.753. The van der Waals surface area contributed by atoms with E-state index in [0.29, 0.717) is 23.1 Å². The molecule has 3 N–H and O–H groups in total. The fourth-order valence-electron chi connectivity index (χ4n) is 1.47. The Bertz CT molecular complexity index is 435. The van der Waals surface area contributed by atoms with Crippen molar-refractivity contribution in [2.24, 2.45) is 0 Å². The largest absolute Gasteiger partial charge is 0.465 e. The number of likely N-dealkylation sites (N-methyl/N-ethyl adjacent to an activating group) is 1. The summed E-state index contributed by atoms with van der Waals surface area (Å²) < 4.78 is 4.66. The maximum atomic E-state index is 11.5. The van der Waals surface area contributed by atoms with Crippen LogP contribution in [0.1, 0.15) is 24.2 Å². The molecule has 0 aliphatic carbocycles. The predicted octanol–water partition coefficient (Wildman–Crippen LogP) is 1.20. The monoisotopic (exact) mass is 266 g/mol. The number of anilines is 2. The molecule has 1 heterocycles. The van der Waals surface area contributed by atoms with Gasteiger partial charge in [0, 0.05) is 19.1 Å². The number of nitrogen functional groups attached to an aromatic ring is 1. The minimum Gasteiger partial charge on any atom is -0.465 e. The predicted molar refractivity (Wildman–Crippen MR) is 76.2 cm³/mol. The Morgan fingerprint density at radius 1 is 1.58 bits per heavy atom. The number of nitrogens with zero attached hydrogens (tertiary/aromatic N) is 2. The lowest BCUT2D eigenvalue weighted by atomic mass is 10.2. The second-order valence-electron chi connectivity index (χ2n) is 4.65. The Kier molecular flexibility index (Phi) is 5.57. The number of hydrogen-bond donors (Lipinski definition) is 2. The highest BCUT2D eigenvalue weighted by molar-refractivity contribution is 5.95. The fourth-order valence-corrected chi connectivity index (χ4v) is 1.47. The first-order valence-corrected chi connectivity index (χ1v) is 6.23. The van der Waals surface area contributed by atoms with Crippen LogP contribution in [0.4, 0.5) is 11.5 Å². The van der Waals surface area contributed by atoms with Crippen molar-refractivity contribution in [3.8, 4) is 0 Å². The van der Waals surface area contributed by atoms with Crippen LogP contribution in [-0.4, -0.2) is 49.1 Å². The maximum Gasteiger partial charge on any atom is 0.340 e. The summed E-state index contributed by atoms with van der Waals surface area (Å²) in [5.41, 5.74) is 6.33. The van der Waals surface area contributed by atoms with Gasteiger partial charge in [-0.3, -0.25) is 0 Å². The van der Waals surface area contributed by atoms with Crippen LogP contribution in [0.15, 0.2) is 12.3 Å². The Labute approximate surface area is 113 Å². The lowest BCUT2D eigenvalue weighted by molar-refractivity contribution is 0.0602. The molecule has 1 rings (SSSR count). The highest BCUT2D eigenvalue weighted by Gasteiger charge is 2.11. The smallest absolute Gasteiger partial charge is 0.340 e. The van der Waals surface area contributed by atoms with Gasteiger partial charge in [0.1, 0.15) is 5.82 Å². The number of carbonyl (C=O) groups is 1. The standard InChI is InChI=1S/C13H22N4O2/c1-9(2)17(3)6-5-15-12-7-10(13(18)19-4)11(14)8-16-12/h7-9H,5-6,14H2,1-4H3,(H,15,16). The normalized spacial score (nSPS) is 10.8. The van der Waals surface area contributed by atoms with Crippen LogP contribution in [-0.2, 0) is 4.74 Å². The summed E-state index contributed by atoms with van der Waals surface area (Å²) in [5.74, 6) is 0.161. The summed E-state index contributed by atoms with van der Waals surface area (Å²) in [6, 6.07) is 2.10. The van der Waals surface area contributed by atoms with Crippen LogP contribution >= 0.6 is 0 Å². The Hall–Kier alpha value is -1.82. The van der Waals surface area contributed by atoms with E-state index >= 15 is 0 Å². The van der Waals surface area contributed by atoms with Crippen LogP contribution < -0.4 is 11.1 Å². The van der Waals surface area contributed by atoms with E-state index < -0.39 is 5.97 Å². The number of nitrogens with one attached hydrogen (secondary N) is 1. The van der Waals surface area contributed by atoms with Crippen molar-refractivity contribution < 1.29 is 9.53 Å². The first kappa shape index (κ1) is 15.2. The van der Waals surface area contributed by atoms with Gasteiger partial charge < -0.3 is 20.7 Å². The van der Waals surface area contributed by atoms with E-state index in [0.717, 1.165) is 13.1 Å². The minimum atomic E-state index is -0.456. The molecule has 1 aromatic heterocycles. The zero-order valence-corrected chi connectivity index (χ0v) is 11.9. The van der Waals surface area contributed by atoms with Crippen molar-refractivity contribution >= 4 is 17.5 Å². The summed E-state index contributed by atoms with van der Waals surface area (Å²) in [6.45, 7) is 5.90. The topological polar surface area (TPSA) is 80.5 Å². The molecule has 0 bridgehead atoms. The van der Waals surface area contributed by atoms with Gasteiger partial charge in [-0.25, -0.2) is 9.78 Å². The maximum absolute atomic E-state index is 11.5. The number of hydrogen-bond acceptors (Lipinski definition) is 6. The number of rotatable bonds is 6. The molecule has 0 fully saturated rings. The van der Waals surface area contributed by atoms with E-state index in [2.05, 4.69) is 40.8 Å². The van der Waals surface area contributed by atoms with E-state index in [-0.39, 0.29) is 0 Å². The number of aromatic nitrogens is 1. The molecular weight excluding hydrogens is 244 g/mol. The molecule has 0 atom stereocenters. The second-order valence-corrected chi connectivity index (χ2v) is 4.65.